The van der Waals surface area contributed by atoms with Crippen LogP contribution >= 0.6 is 0 Å². The first-order valence-electron chi connectivity index (χ1n) is 12.5. The molecular weight excluding hydrogens is 474 g/mol. The minimum atomic E-state index is -3.51. The first-order valence-corrected chi connectivity index (χ1v) is 14.4. The molecule has 0 heterocycles. The molecule has 2 amide bonds. The van der Waals surface area contributed by atoms with Gasteiger partial charge in [0.25, 0.3) is 0 Å². The number of nitrogens with one attached hydrogen (secondary N) is 1. The van der Waals surface area contributed by atoms with Gasteiger partial charge in [-0.3, -0.25) is 13.9 Å². The highest BCUT2D eigenvalue weighted by Gasteiger charge is 2.30. The summed E-state index contributed by atoms with van der Waals surface area (Å²) in [6.07, 6.45) is 2.78. The monoisotopic (exact) mass is 515 g/mol. The number of hydrogen-bond donors (Lipinski definition) is 1. The maximum atomic E-state index is 13.4. The van der Waals surface area contributed by atoms with E-state index in [1.807, 2.05) is 83.1 Å². The molecule has 0 aliphatic heterocycles. The summed E-state index contributed by atoms with van der Waals surface area (Å²) < 4.78 is 26.3. The van der Waals surface area contributed by atoms with Crippen LogP contribution in [0.15, 0.2) is 54.6 Å². The molecule has 0 unspecified atom stereocenters. The maximum absolute atomic E-state index is 13.4. The molecule has 198 valence electrons. The maximum Gasteiger partial charge on any atom is 0.243 e. The van der Waals surface area contributed by atoms with Crippen LogP contribution in [-0.4, -0.2) is 56.1 Å². The van der Waals surface area contributed by atoms with Gasteiger partial charge in [-0.2, -0.15) is 0 Å². The minimum Gasteiger partial charge on any atom is -0.350 e. The molecule has 0 aromatic heterocycles. The van der Waals surface area contributed by atoms with Gasteiger partial charge in [0.15, 0.2) is 0 Å². The molecule has 8 heteroatoms. The van der Waals surface area contributed by atoms with Gasteiger partial charge >= 0.3 is 0 Å². The summed E-state index contributed by atoms with van der Waals surface area (Å²) in [7, 11) is -3.51. The number of nitrogens with zero attached hydrogens (tertiary/aromatic N) is 2. The third kappa shape index (κ3) is 9.30. The molecule has 0 spiro atoms. The SMILES string of the molecule is CC[C@H](C(=O)NC(C)(C)C)N(CCc1ccccc1)C(=O)CCCN(c1cccc(C)c1)S(C)(=O)=O. The van der Waals surface area contributed by atoms with Gasteiger partial charge in [-0.1, -0.05) is 49.4 Å². The lowest BCUT2D eigenvalue weighted by Gasteiger charge is -2.33. The van der Waals surface area contributed by atoms with Gasteiger partial charge in [0.1, 0.15) is 6.04 Å². The summed E-state index contributed by atoms with van der Waals surface area (Å²) in [4.78, 5) is 28.2. The van der Waals surface area contributed by atoms with E-state index >= 15 is 0 Å². The molecule has 0 aliphatic carbocycles. The van der Waals surface area contributed by atoms with Crippen LogP contribution in [0.3, 0.4) is 0 Å². The van der Waals surface area contributed by atoms with Gasteiger partial charge in [0.05, 0.1) is 11.9 Å². The van der Waals surface area contributed by atoms with Crippen molar-refractivity contribution in [3.8, 4) is 0 Å². The van der Waals surface area contributed by atoms with Crippen molar-refractivity contribution in [3.63, 3.8) is 0 Å². The van der Waals surface area contributed by atoms with Gasteiger partial charge in [-0.15, -0.1) is 0 Å². The van der Waals surface area contributed by atoms with E-state index in [-0.39, 0.29) is 24.8 Å². The van der Waals surface area contributed by atoms with Crippen molar-refractivity contribution in [2.24, 2.45) is 0 Å². The second-order valence-corrected chi connectivity index (χ2v) is 12.2. The summed E-state index contributed by atoms with van der Waals surface area (Å²) >= 11 is 0. The average molecular weight is 516 g/mol. The van der Waals surface area contributed by atoms with Crippen LogP contribution in [-0.2, 0) is 26.0 Å². The van der Waals surface area contributed by atoms with E-state index in [4.69, 9.17) is 0 Å². The van der Waals surface area contributed by atoms with Crippen molar-refractivity contribution >= 4 is 27.5 Å². The largest absolute Gasteiger partial charge is 0.350 e. The second-order valence-electron chi connectivity index (χ2n) is 10.3. The number of sulfonamides is 1. The smallest absolute Gasteiger partial charge is 0.243 e. The Bertz CT molecular complexity index is 1110. The highest BCUT2D eigenvalue weighted by atomic mass is 32.2. The first kappa shape index (κ1) is 29.4. The summed E-state index contributed by atoms with van der Waals surface area (Å²) in [5.41, 5.74) is 2.22. The zero-order valence-corrected chi connectivity index (χ0v) is 23.3. The van der Waals surface area contributed by atoms with Crippen LogP contribution in [0.2, 0.25) is 0 Å². The van der Waals surface area contributed by atoms with Crippen LogP contribution in [0.1, 0.15) is 58.1 Å². The number of rotatable bonds is 12. The van der Waals surface area contributed by atoms with E-state index < -0.39 is 21.6 Å². The average Bonchev–Trinajstić information content (AvgIpc) is 2.77. The van der Waals surface area contributed by atoms with E-state index in [2.05, 4.69) is 5.32 Å². The van der Waals surface area contributed by atoms with Crippen LogP contribution in [0, 0.1) is 6.92 Å². The fraction of sp³-hybridized carbons (Fsp3) is 0.500. The number of anilines is 1. The Morgan fingerprint density at radius 2 is 1.67 bits per heavy atom. The lowest BCUT2D eigenvalue weighted by Crippen LogP contribution is -2.54. The Balaban J connectivity index is 2.18. The minimum absolute atomic E-state index is 0.145. The fourth-order valence-electron chi connectivity index (χ4n) is 4.14. The molecule has 0 radical (unpaired) electrons. The predicted octanol–water partition coefficient (Wildman–Crippen LogP) is 4.31. The van der Waals surface area contributed by atoms with Crippen LogP contribution in [0.5, 0.6) is 0 Å². The molecule has 1 atom stereocenters. The third-order valence-electron chi connectivity index (χ3n) is 5.81. The van der Waals surface area contributed by atoms with Crippen LogP contribution < -0.4 is 9.62 Å². The fourth-order valence-corrected chi connectivity index (χ4v) is 5.09. The molecule has 2 aromatic rings. The van der Waals surface area contributed by atoms with Crippen molar-refractivity contribution in [1.29, 1.82) is 0 Å². The number of carbonyl (C=O) groups is 2. The van der Waals surface area contributed by atoms with Gasteiger partial charge in [-0.25, -0.2) is 8.42 Å². The first-order chi connectivity index (χ1) is 16.8. The normalized spacial score (nSPS) is 12.6. The Labute approximate surface area is 216 Å². The van der Waals surface area contributed by atoms with Gasteiger partial charge in [0, 0.05) is 25.0 Å². The van der Waals surface area contributed by atoms with Gasteiger partial charge < -0.3 is 10.2 Å². The summed E-state index contributed by atoms with van der Waals surface area (Å²) in [6.45, 7) is 10.2. The number of hydrogen-bond acceptors (Lipinski definition) is 4. The van der Waals surface area contributed by atoms with Crippen molar-refractivity contribution in [3.05, 3.63) is 65.7 Å². The van der Waals surface area contributed by atoms with Gasteiger partial charge in [0.2, 0.25) is 21.8 Å². The summed E-state index contributed by atoms with van der Waals surface area (Å²) in [5.74, 6) is -0.330. The molecule has 2 aromatic carbocycles. The predicted molar refractivity (Wildman–Crippen MR) is 146 cm³/mol. The summed E-state index contributed by atoms with van der Waals surface area (Å²) in [6, 6.07) is 16.6. The van der Waals surface area contributed by atoms with E-state index in [0.29, 0.717) is 31.5 Å². The highest BCUT2D eigenvalue weighted by Crippen LogP contribution is 2.20. The zero-order chi connectivity index (χ0) is 26.9. The molecule has 0 saturated heterocycles. The van der Waals surface area contributed by atoms with Crippen molar-refractivity contribution in [1.82, 2.24) is 10.2 Å². The van der Waals surface area contributed by atoms with Crippen LogP contribution in [0.25, 0.3) is 0 Å². The highest BCUT2D eigenvalue weighted by molar-refractivity contribution is 7.92. The quantitative estimate of drug-likeness (QED) is 0.456. The molecule has 7 nitrogen and oxygen atoms in total. The molecule has 36 heavy (non-hydrogen) atoms. The lowest BCUT2D eigenvalue weighted by atomic mass is 10.0. The van der Waals surface area contributed by atoms with E-state index in [0.717, 1.165) is 11.1 Å². The zero-order valence-electron chi connectivity index (χ0n) is 22.5. The number of benzene rings is 2. The van der Waals surface area contributed by atoms with E-state index in [9.17, 15) is 18.0 Å². The Kier molecular flexibility index (Phi) is 10.5. The molecule has 2 rings (SSSR count). The second kappa shape index (κ2) is 12.9. The topological polar surface area (TPSA) is 86.8 Å². The molecule has 0 saturated carbocycles. The summed E-state index contributed by atoms with van der Waals surface area (Å²) in [5, 5.41) is 3.00. The Morgan fingerprint density at radius 1 is 1.00 bits per heavy atom. The van der Waals surface area contributed by atoms with E-state index in [1.54, 1.807) is 11.0 Å². The molecular formula is C28H41N3O4S. The lowest BCUT2D eigenvalue weighted by molar-refractivity contribution is -0.141. The van der Waals surface area contributed by atoms with Crippen molar-refractivity contribution in [2.45, 2.75) is 71.9 Å². The third-order valence-corrected chi connectivity index (χ3v) is 7.00. The van der Waals surface area contributed by atoms with Crippen molar-refractivity contribution < 1.29 is 18.0 Å². The number of amides is 2. The molecule has 0 fully saturated rings. The van der Waals surface area contributed by atoms with Crippen molar-refractivity contribution in [2.75, 3.05) is 23.7 Å². The standard InChI is InChI=1S/C28H41N3O4S/c1-7-25(27(33)29-28(3,4)5)30(20-18-23-14-9-8-10-15-23)26(32)17-12-19-31(36(6,34)35)24-16-11-13-22(2)21-24/h8-11,13-16,21,25H,7,12,17-20H2,1-6H3,(H,29,33)/t25-/m1/s1. The Morgan fingerprint density at radius 3 is 2.22 bits per heavy atom. The Hall–Kier alpha value is -2.87. The molecule has 1 N–H and O–H groups in total. The molecule has 0 aliphatic rings. The van der Waals surface area contributed by atoms with Crippen LogP contribution in [0.4, 0.5) is 5.69 Å². The van der Waals surface area contributed by atoms with E-state index in [1.165, 1.54) is 10.6 Å². The molecule has 0 bridgehead atoms. The van der Waals surface area contributed by atoms with Gasteiger partial charge in [-0.05, 0) is 70.2 Å². The number of carbonyl (C=O) groups excluding carboxylic acids is 2. The number of aryl methyl sites for hydroxylation is 1.